The van der Waals surface area contributed by atoms with Gasteiger partial charge in [-0.15, -0.1) is 11.3 Å². The van der Waals surface area contributed by atoms with E-state index in [0.29, 0.717) is 5.01 Å². The number of nitrogens with zero attached hydrogens (tertiary/aromatic N) is 1. The highest BCUT2D eigenvalue weighted by atomic mass is 32.1. The number of nitrogens with two attached hydrogens (primary N) is 2. The largest absolute Gasteiger partial charge is 0.365 e. The molecule has 0 fully saturated rings. The first-order chi connectivity index (χ1) is 11.1. The summed E-state index contributed by atoms with van der Waals surface area (Å²) >= 11 is 1.06. The van der Waals surface area contributed by atoms with E-state index in [0.717, 1.165) is 28.0 Å². The Morgan fingerprint density at radius 3 is 1.87 bits per heavy atom. The van der Waals surface area contributed by atoms with Gasteiger partial charge in [-0.1, -0.05) is 54.6 Å². The van der Waals surface area contributed by atoms with Crippen LogP contribution in [0.4, 0.5) is 0 Å². The summed E-state index contributed by atoms with van der Waals surface area (Å²) < 4.78 is 0. The lowest BCUT2D eigenvalue weighted by atomic mass is 10.0. The number of benzene rings is 2. The Bertz CT molecular complexity index is 839. The van der Waals surface area contributed by atoms with E-state index in [1.54, 1.807) is 0 Å². The molecule has 3 aromatic rings. The Balaban J connectivity index is 1.98. The fraction of sp³-hybridized carbons (Fsp3) is 0. The van der Waals surface area contributed by atoms with Crippen LogP contribution in [-0.2, 0) is 0 Å². The zero-order valence-electron chi connectivity index (χ0n) is 12.0. The highest BCUT2D eigenvalue weighted by molar-refractivity contribution is 7.17. The van der Waals surface area contributed by atoms with Crippen LogP contribution in [0.5, 0.6) is 0 Å². The first-order valence-corrected chi connectivity index (χ1v) is 7.64. The number of rotatable bonds is 4. The van der Waals surface area contributed by atoms with Gasteiger partial charge in [0.2, 0.25) is 0 Å². The first kappa shape index (κ1) is 14.9. The van der Waals surface area contributed by atoms with Gasteiger partial charge < -0.3 is 11.5 Å². The van der Waals surface area contributed by atoms with Gasteiger partial charge in [-0.2, -0.15) is 0 Å². The molecule has 2 amide bonds. The maximum absolute atomic E-state index is 11.4. The van der Waals surface area contributed by atoms with Crippen LogP contribution in [0.15, 0.2) is 54.6 Å². The molecule has 0 aliphatic heterocycles. The Morgan fingerprint density at radius 2 is 1.35 bits per heavy atom. The first-order valence-electron chi connectivity index (χ1n) is 6.82. The third kappa shape index (κ3) is 2.97. The number of thiazole rings is 1. The Hall–Kier alpha value is -2.99. The second-order valence-electron chi connectivity index (χ2n) is 4.87. The molecule has 4 N–H and O–H groups in total. The van der Waals surface area contributed by atoms with Crippen LogP contribution in [-0.4, -0.2) is 16.8 Å². The van der Waals surface area contributed by atoms with Gasteiger partial charge in [0.05, 0.1) is 0 Å². The van der Waals surface area contributed by atoms with Crippen molar-refractivity contribution >= 4 is 23.2 Å². The average molecular weight is 323 g/mol. The standard InChI is InChI=1S/C17H13N3O2S/c18-15(21)13-14(16(19)22)23-17(20-13)12-8-6-11(7-9-12)10-4-2-1-3-5-10/h1-9H,(H2,18,21)(H2,19,22). The molecule has 0 saturated heterocycles. The molecule has 2 aromatic carbocycles. The minimum atomic E-state index is -0.762. The summed E-state index contributed by atoms with van der Waals surface area (Å²) in [4.78, 5) is 27.0. The monoisotopic (exact) mass is 323 g/mol. The summed E-state index contributed by atoms with van der Waals surface area (Å²) in [7, 11) is 0. The van der Waals surface area contributed by atoms with Crippen molar-refractivity contribution < 1.29 is 9.59 Å². The summed E-state index contributed by atoms with van der Waals surface area (Å²) in [6.45, 7) is 0. The maximum Gasteiger partial charge on any atom is 0.269 e. The van der Waals surface area contributed by atoms with Crippen LogP contribution in [0, 0.1) is 0 Å². The average Bonchev–Trinajstić information content (AvgIpc) is 3.02. The highest BCUT2D eigenvalue weighted by Crippen LogP contribution is 2.29. The molecule has 6 heteroatoms. The van der Waals surface area contributed by atoms with Gasteiger partial charge in [-0.3, -0.25) is 9.59 Å². The number of hydrogen-bond acceptors (Lipinski definition) is 4. The third-order valence-electron chi connectivity index (χ3n) is 3.32. The molecule has 0 radical (unpaired) electrons. The molecule has 0 aliphatic rings. The summed E-state index contributed by atoms with van der Waals surface area (Å²) in [6, 6.07) is 17.6. The number of carbonyl (C=O) groups excluding carboxylic acids is 2. The SMILES string of the molecule is NC(=O)c1nc(-c2ccc(-c3ccccc3)cc2)sc1C(N)=O. The molecule has 0 spiro atoms. The zero-order valence-corrected chi connectivity index (χ0v) is 12.8. The molecule has 0 saturated carbocycles. The van der Waals surface area contributed by atoms with Gasteiger partial charge in [0.15, 0.2) is 5.69 Å². The predicted molar refractivity (Wildman–Crippen MR) is 90.0 cm³/mol. The van der Waals surface area contributed by atoms with Gasteiger partial charge in [-0.25, -0.2) is 4.98 Å². The number of primary amides is 2. The lowest BCUT2D eigenvalue weighted by Gasteiger charge is -2.02. The van der Waals surface area contributed by atoms with Crippen LogP contribution in [0.25, 0.3) is 21.7 Å². The summed E-state index contributed by atoms with van der Waals surface area (Å²) in [6.07, 6.45) is 0. The van der Waals surface area contributed by atoms with Crippen LogP contribution in [0.2, 0.25) is 0 Å². The Labute approximate surface area is 136 Å². The molecule has 1 heterocycles. The second kappa shape index (κ2) is 6.02. The number of carbonyl (C=O) groups is 2. The van der Waals surface area contributed by atoms with Crippen LogP contribution < -0.4 is 11.5 Å². The molecule has 1 aromatic heterocycles. The molecule has 0 aliphatic carbocycles. The van der Waals surface area contributed by atoms with Gasteiger partial charge >= 0.3 is 0 Å². The molecular weight excluding hydrogens is 310 g/mol. The molecule has 23 heavy (non-hydrogen) atoms. The Kier molecular flexibility index (Phi) is 3.91. The van der Waals surface area contributed by atoms with E-state index in [2.05, 4.69) is 4.98 Å². The van der Waals surface area contributed by atoms with Crippen molar-refractivity contribution in [3.05, 3.63) is 65.2 Å². The lowest BCUT2D eigenvalue weighted by Crippen LogP contribution is -2.19. The molecular formula is C17H13N3O2S. The van der Waals surface area contributed by atoms with Gasteiger partial charge in [0.25, 0.3) is 11.8 Å². The normalized spacial score (nSPS) is 10.4. The number of aromatic nitrogens is 1. The lowest BCUT2D eigenvalue weighted by molar-refractivity contribution is 0.0967. The fourth-order valence-electron chi connectivity index (χ4n) is 2.21. The van der Waals surface area contributed by atoms with Crippen molar-refractivity contribution in [2.24, 2.45) is 11.5 Å². The highest BCUT2D eigenvalue weighted by Gasteiger charge is 2.20. The van der Waals surface area contributed by atoms with Gasteiger partial charge in [0.1, 0.15) is 9.88 Å². The molecule has 0 bridgehead atoms. The summed E-state index contributed by atoms with van der Waals surface area (Å²) in [5.74, 6) is -1.47. The van der Waals surface area contributed by atoms with Crippen molar-refractivity contribution in [3.63, 3.8) is 0 Å². The summed E-state index contributed by atoms with van der Waals surface area (Å²) in [5, 5.41) is 0.534. The van der Waals surface area contributed by atoms with Crippen molar-refractivity contribution in [3.8, 4) is 21.7 Å². The minimum Gasteiger partial charge on any atom is -0.365 e. The zero-order chi connectivity index (χ0) is 16.4. The van der Waals surface area contributed by atoms with E-state index >= 15 is 0 Å². The van der Waals surface area contributed by atoms with Gasteiger partial charge in [0, 0.05) is 5.56 Å². The minimum absolute atomic E-state index is 0.0790. The van der Waals surface area contributed by atoms with Crippen LogP contribution in [0.1, 0.15) is 20.2 Å². The van der Waals surface area contributed by atoms with E-state index in [1.165, 1.54) is 0 Å². The van der Waals surface area contributed by atoms with Crippen molar-refractivity contribution in [2.75, 3.05) is 0 Å². The summed E-state index contributed by atoms with van der Waals surface area (Å²) in [5.41, 5.74) is 13.4. The van der Waals surface area contributed by atoms with Crippen molar-refractivity contribution in [1.29, 1.82) is 0 Å². The third-order valence-corrected chi connectivity index (χ3v) is 4.44. The van der Waals surface area contributed by atoms with Crippen LogP contribution >= 0.6 is 11.3 Å². The molecule has 5 nitrogen and oxygen atoms in total. The van der Waals surface area contributed by atoms with E-state index in [9.17, 15) is 9.59 Å². The van der Waals surface area contributed by atoms with Crippen LogP contribution in [0.3, 0.4) is 0 Å². The van der Waals surface area contributed by atoms with Gasteiger partial charge in [-0.05, 0) is 11.1 Å². The van der Waals surface area contributed by atoms with E-state index in [4.69, 9.17) is 11.5 Å². The molecule has 0 unspecified atom stereocenters. The topological polar surface area (TPSA) is 99.1 Å². The molecule has 3 rings (SSSR count). The quantitative estimate of drug-likeness (QED) is 0.772. The maximum atomic E-state index is 11.4. The fourth-order valence-corrected chi connectivity index (χ4v) is 3.14. The number of amides is 2. The van der Waals surface area contributed by atoms with E-state index in [-0.39, 0.29) is 10.6 Å². The van der Waals surface area contributed by atoms with E-state index < -0.39 is 11.8 Å². The Morgan fingerprint density at radius 1 is 0.783 bits per heavy atom. The second-order valence-corrected chi connectivity index (χ2v) is 5.87. The predicted octanol–water partition coefficient (Wildman–Crippen LogP) is 2.67. The van der Waals surface area contributed by atoms with Crippen molar-refractivity contribution in [2.45, 2.75) is 0 Å². The van der Waals surface area contributed by atoms with E-state index in [1.807, 2.05) is 54.6 Å². The molecule has 0 atom stereocenters. The number of hydrogen-bond donors (Lipinski definition) is 2. The molecule has 114 valence electrons. The smallest absolute Gasteiger partial charge is 0.269 e. The van der Waals surface area contributed by atoms with Crippen molar-refractivity contribution in [1.82, 2.24) is 4.98 Å².